The number of hydrogen-bond donors (Lipinski definition) is 0. The van der Waals surface area contributed by atoms with Gasteiger partial charge in [-0.05, 0) is 11.6 Å². The highest BCUT2D eigenvalue weighted by Gasteiger charge is 2.24. The second-order valence-corrected chi connectivity index (χ2v) is 6.31. The second kappa shape index (κ2) is 7.08. The van der Waals surface area contributed by atoms with Crippen LogP contribution in [0.4, 0.5) is 11.4 Å². The third kappa shape index (κ3) is 4.37. The fourth-order valence-electron chi connectivity index (χ4n) is 2.15. The van der Waals surface area contributed by atoms with E-state index >= 15 is 0 Å². The van der Waals surface area contributed by atoms with Gasteiger partial charge in [-0.25, -0.2) is 0 Å². The molecule has 25 heavy (non-hydrogen) atoms. The molecule has 0 atom stereocenters. The molecule has 8 nitrogen and oxygen atoms in total. The Labute approximate surface area is 144 Å². The molecule has 0 radical (unpaired) electrons. The quantitative estimate of drug-likeness (QED) is 0.456. The zero-order valence-corrected chi connectivity index (χ0v) is 14.0. The van der Waals surface area contributed by atoms with Gasteiger partial charge in [0.2, 0.25) is 5.75 Å². The van der Waals surface area contributed by atoms with Gasteiger partial charge in [0, 0.05) is 11.5 Å². The molecule has 0 aliphatic carbocycles. The minimum Gasteiger partial charge on any atom is -0.349 e. The molecule has 0 aliphatic heterocycles. The van der Waals surface area contributed by atoms with Gasteiger partial charge >= 0.3 is 5.69 Å². The Balaban J connectivity index is 2.44. The lowest BCUT2D eigenvalue weighted by atomic mass is 9.86. The molecular weight excluding hydrogens is 326 g/mol. The molecular formula is C17H17N3O5. The van der Waals surface area contributed by atoms with E-state index in [-0.39, 0.29) is 16.9 Å². The van der Waals surface area contributed by atoms with Crippen LogP contribution in [0, 0.1) is 25.6 Å². The lowest BCUT2D eigenvalue weighted by Crippen LogP contribution is -2.22. The van der Waals surface area contributed by atoms with Crippen LogP contribution in [0.5, 0.6) is 5.75 Å². The summed E-state index contributed by atoms with van der Waals surface area (Å²) in [5.41, 5.74) is 0.137. The van der Waals surface area contributed by atoms with E-state index in [9.17, 15) is 20.2 Å². The second-order valence-electron chi connectivity index (χ2n) is 6.31. The van der Waals surface area contributed by atoms with Gasteiger partial charge in [-0.3, -0.25) is 20.2 Å². The van der Waals surface area contributed by atoms with E-state index < -0.39 is 15.5 Å². The van der Waals surface area contributed by atoms with Crippen LogP contribution in [0.2, 0.25) is 0 Å². The number of nitrogens with zero attached hydrogens (tertiary/aromatic N) is 3. The first-order valence-electron chi connectivity index (χ1n) is 7.44. The first-order chi connectivity index (χ1) is 11.7. The molecule has 2 aromatic carbocycles. The van der Waals surface area contributed by atoms with Crippen molar-refractivity contribution in [1.29, 1.82) is 0 Å². The maximum atomic E-state index is 11.2. The Kier molecular flexibility index (Phi) is 5.11. The van der Waals surface area contributed by atoms with Crippen LogP contribution < -0.4 is 4.84 Å². The van der Waals surface area contributed by atoms with E-state index in [1.165, 1.54) is 6.07 Å². The molecule has 2 aromatic rings. The standard InChI is InChI=1S/C17H17N3O5/c1-17(2,3)16(12-7-5-4-6-8-12)18-25-15-10-9-13(19(21)22)11-14(15)20(23)24/h4-11H,1-3H3/b18-16-. The van der Waals surface area contributed by atoms with Gasteiger partial charge in [0.05, 0.1) is 21.6 Å². The maximum Gasteiger partial charge on any atom is 0.321 e. The lowest BCUT2D eigenvalue weighted by molar-refractivity contribution is -0.394. The molecule has 0 saturated heterocycles. The highest BCUT2D eigenvalue weighted by molar-refractivity contribution is 6.03. The number of nitro groups is 2. The average Bonchev–Trinajstić information content (AvgIpc) is 2.54. The Morgan fingerprint density at radius 3 is 2.16 bits per heavy atom. The molecule has 0 amide bonds. The van der Waals surface area contributed by atoms with E-state index in [1.54, 1.807) is 0 Å². The third-order valence-electron chi connectivity index (χ3n) is 3.34. The summed E-state index contributed by atoms with van der Waals surface area (Å²) < 4.78 is 0. The topological polar surface area (TPSA) is 108 Å². The summed E-state index contributed by atoms with van der Waals surface area (Å²) in [4.78, 5) is 25.8. The van der Waals surface area contributed by atoms with Gasteiger partial charge in [0.25, 0.3) is 5.69 Å². The predicted octanol–water partition coefficient (Wildman–Crippen LogP) is 4.33. The lowest BCUT2D eigenvalue weighted by Gasteiger charge is -2.20. The molecule has 0 saturated carbocycles. The zero-order chi connectivity index (χ0) is 18.6. The molecule has 0 spiro atoms. The highest BCUT2D eigenvalue weighted by atomic mass is 16.7. The van der Waals surface area contributed by atoms with Crippen molar-refractivity contribution in [2.45, 2.75) is 20.8 Å². The number of non-ortho nitro benzene ring substituents is 1. The van der Waals surface area contributed by atoms with Crippen LogP contribution in [0.1, 0.15) is 26.3 Å². The van der Waals surface area contributed by atoms with Crippen molar-refractivity contribution in [3.8, 4) is 5.75 Å². The van der Waals surface area contributed by atoms with E-state index in [2.05, 4.69) is 5.16 Å². The van der Waals surface area contributed by atoms with Crippen molar-refractivity contribution in [3.05, 3.63) is 74.3 Å². The van der Waals surface area contributed by atoms with Gasteiger partial charge < -0.3 is 4.84 Å². The Bertz CT molecular complexity index is 826. The molecule has 0 N–H and O–H groups in total. The summed E-state index contributed by atoms with van der Waals surface area (Å²) in [5.74, 6) is -0.159. The molecule has 0 bridgehead atoms. The molecule has 8 heteroatoms. The average molecular weight is 343 g/mol. The van der Waals surface area contributed by atoms with Crippen molar-refractivity contribution < 1.29 is 14.7 Å². The van der Waals surface area contributed by atoms with Crippen LogP contribution in [0.15, 0.2) is 53.7 Å². The number of hydrogen-bond acceptors (Lipinski definition) is 6. The molecule has 0 aliphatic rings. The van der Waals surface area contributed by atoms with Crippen molar-refractivity contribution in [2.24, 2.45) is 10.6 Å². The summed E-state index contributed by atoms with van der Waals surface area (Å²) >= 11 is 0. The fraction of sp³-hybridized carbons (Fsp3) is 0.235. The van der Waals surface area contributed by atoms with Crippen molar-refractivity contribution in [2.75, 3.05) is 0 Å². The molecule has 0 fully saturated rings. The summed E-state index contributed by atoms with van der Waals surface area (Å²) in [6.45, 7) is 5.81. The Hall–Kier alpha value is -3.29. The SMILES string of the molecule is CC(C)(C)/C(=N\Oc1ccc([N+](=O)[O-])cc1[N+](=O)[O-])c1ccccc1. The number of oxime groups is 1. The zero-order valence-electron chi connectivity index (χ0n) is 14.0. The van der Waals surface area contributed by atoms with Crippen molar-refractivity contribution >= 4 is 17.1 Å². The summed E-state index contributed by atoms with van der Waals surface area (Å²) in [5, 5.41) is 26.0. The van der Waals surface area contributed by atoms with Crippen LogP contribution in [0.3, 0.4) is 0 Å². The minimum absolute atomic E-state index is 0.159. The predicted molar refractivity (Wildman–Crippen MR) is 92.8 cm³/mol. The van der Waals surface area contributed by atoms with E-state index in [0.717, 1.165) is 17.7 Å². The third-order valence-corrected chi connectivity index (χ3v) is 3.34. The first kappa shape index (κ1) is 18.1. The Morgan fingerprint density at radius 1 is 1.00 bits per heavy atom. The van der Waals surface area contributed by atoms with E-state index in [0.29, 0.717) is 5.71 Å². The van der Waals surface area contributed by atoms with Crippen LogP contribution in [-0.2, 0) is 0 Å². The van der Waals surface area contributed by atoms with Gasteiger partial charge in [-0.1, -0.05) is 56.3 Å². The molecule has 0 aromatic heterocycles. The highest BCUT2D eigenvalue weighted by Crippen LogP contribution is 2.32. The molecule has 0 unspecified atom stereocenters. The minimum atomic E-state index is -0.739. The molecule has 2 rings (SSSR count). The smallest absolute Gasteiger partial charge is 0.321 e. The Morgan fingerprint density at radius 2 is 1.64 bits per heavy atom. The van der Waals surface area contributed by atoms with Crippen LogP contribution in [-0.4, -0.2) is 15.6 Å². The normalized spacial score (nSPS) is 11.9. The number of rotatable bonds is 5. The van der Waals surface area contributed by atoms with E-state index in [4.69, 9.17) is 4.84 Å². The van der Waals surface area contributed by atoms with Crippen molar-refractivity contribution in [3.63, 3.8) is 0 Å². The van der Waals surface area contributed by atoms with Gasteiger partial charge in [-0.15, -0.1) is 0 Å². The summed E-state index contributed by atoms with van der Waals surface area (Å²) in [6, 6.07) is 12.4. The molecule has 0 heterocycles. The van der Waals surface area contributed by atoms with Gasteiger partial charge in [0.1, 0.15) is 0 Å². The first-order valence-corrected chi connectivity index (χ1v) is 7.44. The largest absolute Gasteiger partial charge is 0.349 e. The summed E-state index contributed by atoms with van der Waals surface area (Å²) in [6.07, 6.45) is 0. The van der Waals surface area contributed by atoms with Crippen LogP contribution >= 0.6 is 0 Å². The van der Waals surface area contributed by atoms with E-state index in [1.807, 2.05) is 51.1 Å². The van der Waals surface area contributed by atoms with Gasteiger partial charge in [-0.2, -0.15) is 0 Å². The van der Waals surface area contributed by atoms with Crippen molar-refractivity contribution in [1.82, 2.24) is 0 Å². The molecule has 130 valence electrons. The van der Waals surface area contributed by atoms with Gasteiger partial charge in [0.15, 0.2) is 0 Å². The number of nitro benzene ring substituents is 2. The monoisotopic (exact) mass is 343 g/mol. The maximum absolute atomic E-state index is 11.2. The summed E-state index contributed by atoms with van der Waals surface area (Å²) in [7, 11) is 0. The number of benzene rings is 2. The van der Waals surface area contributed by atoms with Crippen LogP contribution in [0.25, 0.3) is 0 Å². The fourth-order valence-corrected chi connectivity index (χ4v) is 2.15.